The van der Waals surface area contributed by atoms with E-state index in [1.165, 1.54) is 11.1 Å². The largest absolute Gasteiger partial charge is 0.493 e. The lowest BCUT2D eigenvalue weighted by molar-refractivity contribution is -0.134. The number of aliphatic carboxylic acids is 1. The van der Waals surface area contributed by atoms with Crippen LogP contribution in [0.4, 0.5) is 0 Å². The van der Waals surface area contributed by atoms with Crippen molar-refractivity contribution in [3.63, 3.8) is 0 Å². The first-order valence-corrected chi connectivity index (χ1v) is 9.35. The minimum atomic E-state index is -0.833. The second-order valence-electron chi connectivity index (χ2n) is 7.98. The van der Waals surface area contributed by atoms with E-state index in [9.17, 15) is 5.11 Å². The number of likely N-dealkylation sites (N-methyl/N-ethyl adjacent to an activating group) is 1. The van der Waals surface area contributed by atoms with Gasteiger partial charge in [0.05, 0.1) is 13.2 Å². The molecule has 0 amide bonds. The molecule has 4 aliphatic rings. The van der Waals surface area contributed by atoms with Gasteiger partial charge in [-0.25, -0.2) is 0 Å². The maximum absolute atomic E-state index is 10.6. The molecule has 6 nitrogen and oxygen atoms in total. The number of carboxylic acid groups (broad SMARTS) is 1. The van der Waals surface area contributed by atoms with Crippen molar-refractivity contribution < 1.29 is 24.5 Å². The number of aliphatic hydroxyl groups excluding tert-OH is 1. The Kier molecular flexibility index (Phi) is 4.15. The maximum atomic E-state index is 10.6. The fourth-order valence-corrected chi connectivity index (χ4v) is 5.86. The second kappa shape index (κ2) is 6.13. The van der Waals surface area contributed by atoms with E-state index >= 15 is 0 Å². The van der Waals surface area contributed by atoms with E-state index in [2.05, 4.69) is 18.0 Å². The summed E-state index contributed by atoms with van der Waals surface area (Å²) in [5.74, 6) is 1.50. The number of aliphatic hydroxyl groups is 1. The van der Waals surface area contributed by atoms with Gasteiger partial charge in [0.2, 0.25) is 0 Å². The number of carboxylic acids is 1. The average Bonchev–Trinajstić information content (AvgIpc) is 2.94. The lowest BCUT2D eigenvalue weighted by Gasteiger charge is -2.58. The highest BCUT2D eigenvalue weighted by molar-refractivity contribution is 5.63. The molecule has 0 radical (unpaired) electrons. The van der Waals surface area contributed by atoms with Crippen LogP contribution in [0.1, 0.15) is 37.3 Å². The summed E-state index contributed by atoms with van der Waals surface area (Å²) in [6, 6.07) is 4.83. The van der Waals surface area contributed by atoms with E-state index in [-0.39, 0.29) is 17.6 Å². The van der Waals surface area contributed by atoms with Crippen LogP contribution in [0.2, 0.25) is 0 Å². The first-order valence-electron chi connectivity index (χ1n) is 9.35. The average molecular weight is 361 g/mol. The third-order valence-electron chi connectivity index (χ3n) is 6.77. The van der Waals surface area contributed by atoms with E-state index < -0.39 is 5.97 Å². The number of hydrogen-bond acceptors (Lipinski definition) is 5. The summed E-state index contributed by atoms with van der Waals surface area (Å²) in [7, 11) is 3.96. The van der Waals surface area contributed by atoms with Crippen molar-refractivity contribution in [2.45, 2.75) is 56.3 Å². The fourth-order valence-electron chi connectivity index (χ4n) is 5.86. The Balaban J connectivity index is 0.000000385. The molecule has 1 saturated heterocycles. The third-order valence-corrected chi connectivity index (χ3v) is 6.77. The maximum Gasteiger partial charge on any atom is 0.300 e. The highest BCUT2D eigenvalue weighted by atomic mass is 16.5. The van der Waals surface area contributed by atoms with Crippen LogP contribution in [0, 0.1) is 5.92 Å². The first kappa shape index (κ1) is 17.6. The molecule has 0 unspecified atom stereocenters. The lowest BCUT2D eigenvalue weighted by atomic mass is 9.51. The Morgan fingerprint density at radius 2 is 2.12 bits per heavy atom. The molecule has 2 aliphatic heterocycles. The van der Waals surface area contributed by atoms with E-state index in [0.29, 0.717) is 12.0 Å². The third kappa shape index (κ3) is 2.28. The Bertz CT molecular complexity index is 731. The van der Waals surface area contributed by atoms with Crippen LogP contribution in [0.3, 0.4) is 0 Å². The predicted molar refractivity (Wildman–Crippen MR) is 95.9 cm³/mol. The molecule has 5 rings (SSSR count). The zero-order valence-corrected chi connectivity index (χ0v) is 15.6. The Morgan fingerprint density at radius 3 is 2.81 bits per heavy atom. The molecule has 26 heavy (non-hydrogen) atoms. The van der Waals surface area contributed by atoms with Gasteiger partial charge in [0.15, 0.2) is 11.5 Å². The summed E-state index contributed by atoms with van der Waals surface area (Å²) in [5, 5.41) is 18.1. The van der Waals surface area contributed by atoms with Crippen LogP contribution in [0.15, 0.2) is 12.1 Å². The van der Waals surface area contributed by atoms with Gasteiger partial charge in [-0.1, -0.05) is 6.07 Å². The van der Waals surface area contributed by atoms with Crippen molar-refractivity contribution in [3.05, 3.63) is 23.3 Å². The second-order valence-corrected chi connectivity index (χ2v) is 7.98. The molecular weight excluding hydrogens is 334 g/mol. The number of piperidine rings is 1. The predicted octanol–water partition coefficient (Wildman–Crippen LogP) is 1.82. The number of ether oxygens (including phenoxy) is 2. The van der Waals surface area contributed by atoms with Crippen molar-refractivity contribution in [3.8, 4) is 11.5 Å². The molecule has 1 spiro atoms. The van der Waals surface area contributed by atoms with Crippen LogP contribution >= 0.6 is 0 Å². The molecule has 2 bridgehead atoms. The Morgan fingerprint density at radius 1 is 1.38 bits per heavy atom. The Labute approximate surface area is 153 Å². The van der Waals surface area contributed by atoms with E-state index in [1.54, 1.807) is 7.11 Å². The van der Waals surface area contributed by atoms with Crippen molar-refractivity contribution in [1.29, 1.82) is 0 Å². The molecule has 2 fully saturated rings. The molecule has 0 aromatic heterocycles. The number of hydrogen-bond donors (Lipinski definition) is 2. The Hall–Kier alpha value is -1.79. The molecule has 1 aromatic rings. The monoisotopic (exact) mass is 361 g/mol. The molecule has 5 atom stereocenters. The number of likely N-dealkylation sites (tertiary alicyclic amines) is 1. The molecule has 2 aliphatic carbocycles. The summed E-state index contributed by atoms with van der Waals surface area (Å²) in [6.07, 6.45) is 3.69. The summed E-state index contributed by atoms with van der Waals surface area (Å²) >= 11 is 0. The van der Waals surface area contributed by atoms with E-state index in [0.717, 1.165) is 50.7 Å². The van der Waals surface area contributed by atoms with Crippen molar-refractivity contribution in [1.82, 2.24) is 4.90 Å². The van der Waals surface area contributed by atoms with Gasteiger partial charge in [0.25, 0.3) is 5.97 Å². The molecule has 2 N–H and O–H groups in total. The molecule has 6 heteroatoms. The molecule has 142 valence electrons. The highest BCUT2D eigenvalue weighted by Crippen LogP contribution is 2.63. The van der Waals surface area contributed by atoms with Gasteiger partial charge in [0, 0.05) is 23.9 Å². The van der Waals surface area contributed by atoms with Gasteiger partial charge in [-0.3, -0.25) is 4.79 Å². The number of rotatable bonds is 1. The van der Waals surface area contributed by atoms with Crippen molar-refractivity contribution in [2.75, 3.05) is 20.7 Å². The molecule has 2 heterocycles. The minimum Gasteiger partial charge on any atom is -0.493 e. The molecule has 1 saturated carbocycles. The van der Waals surface area contributed by atoms with Gasteiger partial charge in [0.1, 0.15) is 6.10 Å². The fraction of sp³-hybridized carbons (Fsp3) is 0.650. The SMILES string of the molecule is CC(=O)O.COc1ccc2c3c1O[C@H]1[C@H](O)CC[C@H]4[C@@H](C2)N(C)CC[C@@]341. The van der Waals surface area contributed by atoms with Crippen LogP contribution in [-0.4, -0.2) is 60.0 Å². The van der Waals surface area contributed by atoms with Gasteiger partial charge in [-0.15, -0.1) is 0 Å². The number of carbonyl (C=O) groups is 1. The quantitative estimate of drug-likeness (QED) is 0.794. The standard InChI is InChI=1S/C18H23NO3.C2H4O2/c1-19-8-7-18-11-4-5-13(20)17(18)22-16-14(21-2)6-3-10(15(16)18)9-12(11)19;1-2(3)4/h3,6,11-13,17,20H,4-5,7-9H2,1-2H3;1H3,(H,3,4)/t11-,12+,13+,17-,18-;/m0./s1. The summed E-state index contributed by atoms with van der Waals surface area (Å²) in [5.41, 5.74) is 2.77. The minimum absolute atomic E-state index is 0.00625. The summed E-state index contributed by atoms with van der Waals surface area (Å²) < 4.78 is 11.9. The normalized spacial score (nSPS) is 36.3. The van der Waals surface area contributed by atoms with Crippen molar-refractivity contribution in [2.24, 2.45) is 5.92 Å². The highest BCUT2D eigenvalue weighted by Gasteiger charge is 2.65. The first-order chi connectivity index (χ1) is 12.4. The van der Waals surface area contributed by atoms with Gasteiger partial charge < -0.3 is 24.6 Å². The van der Waals surface area contributed by atoms with Gasteiger partial charge in [-0.2, -0.15) is 0 Å². The van der Waals surface area contributed by atoms with Crippen LogP contribution in [-0.2, 0) is 16.6 Å². The topological polar surface area (TPSA) is 79.2 Å². The number of nitrogens with zero attached hydrogens (tertiary/aromatic N) is 1. The van der Waals surface area contributed by atoms with E-state index in [1.807, 2.05) is 6.07 Å². The summed E-state index contributed by atoms with van der Waals surface area (Å²) in [4.78, 5) is 11.5. The lowest BCUT2D eigenvalue weighted by Crippen LogP contribution is -2.66. The zero-order valence-electron chi connectivity index (χ0n) is 15.6. The zero-order chi connectivity index (χ0) is 18.6. The van der Waals surface area contributed by atoms with Gasteiger partial charge in [-0.05, 0) is 56.8 Å². The molecular formula is C20H27NO5. The van der Waals surface area contributed by atoms with Crippen LogP contribution in [0.5, 0.6) is 11.5 Å². The van der Waals surface area contributed by atoms with Crippen LogP contribution < -0.4 is 9.47 Å². The van der Waals surface area contributed by atoms with Crippen molar-refractivity contribution >= 4 is 5.97 Å². The van der Waals surface area contributed by atoms with Crippen LogP contribution in [0.25, 0.3) is 0 Å². The summed E-state index contributed by atoms with van der Waals surface area (Å²) in [6.45, 7) is 2.17. The van der Waals surface area contributed by atoms with Gasteiger partial charge >= 0.3 is 0 Å². The molecule has 1 aromatic carbocycles. The van der Waals surface area contributed by atoms with E-state index in [4.69, 9.17) is 19.4 Å². The number of methoxy groups -OCH3 is 1. The smallest absolute Gasteiger partial charge is 0.300 e. The number of benzene rings is 1.